The van der Waals surface area contributed by atoms with Crippen LogP contribution in [0.3, 0.4) is 0 Å². The molecule has 1 atom stereocenters. The summed E-state index contributed by atoms with van der Waals surface area (Å²) in [5, 5.41) is 3.32. The van der Waals surface area contributed by atoms with E-state index >= 15 is 0 Å². The van der Waals surface area contributed by atoms with Crippen LogP contribution in [0.25, 0.3) is 0 Å². The summed E-state index contributed by atoms with van der Waals surface area (Å²) in [5.41, 5.74) is 0.871. The Hall–Kier alpha value is -2.01. The van der Waals surface area contributed by atoms with Crippen molar-refractivity contribution in [3.8, 4) is 11.5 Å². The van der Waals surface area contributed by atoms with Crippen molar-refractivity contribution in [3.05, 3.63) is 53.9 Å². The summed E-state index contributed by atoms with van der Waals surface area (Å²) < 4.78 is 31.9. The Balaban J connectivity index is 2.07. The predicted molar refractivity (Wildman–Crippen MR) is 77.4 cm³/mol. The second-order valence-electron chi connectivity index (χ2n) is 4.75. The third-order valence-corrected chi connectivity index (χ3v) is 3.05. The Morgan fingerprint density at radius 1 is 1.24 bits per heavy atom. The van der Waals surface area contributed by atoms with Gasteiger partial charge in [-0.05, 0) is 44.2 Å². The second kappa shape index (κ2) is 7.13. The molecule has 1 aromatic heterocycles. The molecule has 2 aromatic rings. The van der Waals surface area contributed by atoms with Gasteiger partial charge in [-0.15, -0.1) is 0 Å². The number of hydrogen-bond acceptors (Lipinski definition) is 3. The molecule has 1 N–H and O–H groups in total. The fraction of sp³-hybridized carbons (Fsp3) is 0.312. The summed E-state index contributed by atoms with van der Waals surface area (Å²) in [6, 6.07) is 7.44. The summed E-state index contributed by atoms with van der Waals surface area (Å²) in [7, 11) is 0. The van der Waals surface area contributed by atoms with Gasteiger partial charge in [0.05, 0.1) is 11.9 Å². The number of hydrogen-bond donors (Lipinski definition) is 1. The van der Waals surface area contributed by atoms with E-state index in [1.807, 2.05) is 6.92 Å². The Bertz CT molecular complexity index is 587. The van der Waals surface area contributed by atoms with E-state index in [1.165, 1.54) is 18.3 Å². The van der Waals surface area contributed by atoms with Crippen LogP contribution in [-0.2, 0) is 0 Å². The van der Waals surface area contributed by atoms with Crippen molar-refractivity contribution in [2.45, 2.75) is 26.3 Å². The number of benzene rings is 1. The zero-order chi connectivity index (χ0) is 15.2. The lowest BCUT2D eigenvalue weighted by Gasteiger charge is -2.13. The van der Waals surface area contributed by atoms with Crippen molar-refractivity contribution in [1.29, 1.82) is 0 Å². The summed E-state index contributed by atoms with van der Waals surface area (Å²) in [4.78, 5) is 4.28. The molecule has 0 spiro atoms. The van der Waals surface area contributed by atoms with Gasteiger partial charge in [-0.3, -0.25) is 4.98 Å². The quantitative estimate of drug-likeness (QED) is 0.866. The molecule has 112 valence electrons. The molecule has 2 rings (SSSR count). The van der Waals surface area contributed by atoms with Crippen LogP contribution in [0.2, 0.25) is 0 Å². The van der Waals surface area contributed by atoms with E-state index in [9.17, 15) is 8.78 Å². The Morgan fingerprint density at radius 3 is 2.71 bits per heavy atom. The molecule has 5 heteroatoms. The molecule has 0 aliphatic carbocycles. The normalized spacial score (nSPS) is 12.2. The van der Waals surface area contributed by atoms with Gasteiger partial charge in [-0.25, -0.2) is 4.39 Å². The first-order valence-corrected chi connectivity index (χ1v) is 6.93. The van der Waals surface area contributed by atoms with Crippen LogP contribution in [-0.4, -0.2) is 11.5 Å². The largest absolute Gasteiger partial charge is 0.453 e. The molecule has 0 amide bonds. The van der Waals surface area contributed by atoms with Crippen molar-refractivity contribution in [3.63, 3.8) is 0 Å². The summed E-state index contributed by atoms with van der Waals surface area (Å²) in [6.07, 6.45) is 2.55. The molecule has 3 nitrogen and oxygen atoms in total. The summed E-state index contributed by atoms with van der Waals surface area (Å²) in [6.45, 7) is 5.03. The Labute approximate surface area is 123 Å². The van der Waals surface area contributed by atoms with E-state index in [1.54, 1.807) is 12.1 Å². The minimum absolute atomic E-state index is 0.130. The van der Waals surface area contributed by atoms with Gasteiger partial charge < -0.3 is 10.1 Å². The van der Waals surface area contributed by atoms with E-state index in [4.69, 9.17) is 4.74 Å². The van der Waals surface area contributed by atoms with Crippen LogP contribution >= 0.6 is 0 Å². The first-order chi connectivity index (χ1) is 10.1. The van der Waals surface area contributed by atoms with Gasteiger partial charge in [-0.1, -0.05) is 13.0 Å². The molecule has 0 aliphatic rings. The van der Waals surface area contributed by atoms with Crippen molar-refractivity contribution in [1.82, 2.24) is 10.3 Å². The molecule has 0 aliphatic heterocycles. The van der Waals surface area contributed by atoms with Crippen LogP contribution in [0.4, 0.5) is 8.78 Å². The molecular formula is C16H18F2N2O. The highest BCUT2D eigenvalue weighted by atomic mass is 19.2. The zero-order valence-corrected chi connectivity index (χ0v) is 12.1. The van der Waals surface area contributed by atoms with Crippen LogP contribution in [0.1, 0.15) is 32.0 Å². The molecule has 0 fully saturated rings. The highest BCUT2D eigenvalue weighted by molar-refractivity contribution is 5.31. The van der Waals surface area contributed by atoms with Crippen LogP contribution in [0.15, 0.2) is 36.5 Å². The zero-order valence-electron chi connectivity index (χ0n) is 12.1. The minimum Gasteiger partial charge on any atom is -0.453 e. The molecule has 21 heavy (non-hydrogen) atoms. The van der Waals surface area contributed by atoms with E-state index < -0.39 is 11.6 Å². The van der Waals surface area contributed by atoms with Crippen LogP contribution < -0.4 is 10.1 Å². The lowest BCUT2D eigenvalue weighted by Crippen LogP contribution is -2.20. The third-order valence-electron chi connectivity index (χ3n) is 3.05. The first kappa shape index (κ1) is 15.4. The van der Waals surface area contributed by atoms with Crippen molar-refractivity contribution in [2.24, 2.45) is 0 Å². The summed E-state index contributed by atoms with van der Waals surface area (Å²) >= 11 is 0. The molecule has 0 bridgehead atoms. The number of nitrogens with zero attached hydrogens (tertiary/aromatic N) is 1. The maximum atomic E-state index is 13.5. The number of halogens is 2. The van der Waals surface area contributed by atoms with Gasteiger partial charge in [0, 0.05) is 6.04 Å². The average molecular weight is 292 g/mol. The number of ether oxygens (including phenoxy) is 1. The monoisotopic (exact) mass is 292 g/mol. The molecule has 1 unspecified atom stereocenters. The number of aromatic nitrogens is 1. The lowest BCUT2D eigenvalue weighted by molar-refractivity contribution is 0.414. The van der Waals surface area contributed by atoms with Gasteiger partial charge >= 0.3 is 0 Å². The highest BCUT2D eigenvalue weighted by Gasteiger charge is 2.10. The van der Waals surface area contributed by atoms with Crippen molar-refractivity contribution < 1.29 is 13.5 Å². The number of nitrogens with one attached hydrogen (secondary N) is 1. The van der Waals surface area contributed by atoms with Crippen LogP contribution in [0, 0.1) is 11.6 Å². The summed E-state index contributed by atoms with van der Waals surface area (Å²) in [5.74, 6) is -1.72. The Morgan fingerprint density at radius 2 is 2.05 bits per heavy atom. The molecule has 0 radical (unpaired) electrons. The maximum Gasteiger partial charge on any atom is 0.201 e. The lowest BCUT2D eigenvalue weighted by atomic mass is 10.2. The van der Waals surface area contributed by atoms with E-state index in [-0.39, 0.29) is 11.8 Å². The smallest absolute Gasteiger partial charge is 0.201 e. The third kappa shape index (κ3) is 3.98. The second-order valence-corrected chi connectivity index (χ2v) is 4.75. The average Bonchev–Trinajstić information content (AvgIpc) is 2.50. The number of rotatable bonds is 6. The Kier molecular flexibility index (Phi) is 5.22. The fourth-order valence-corrected chi connectivity index (χ4v) is 1.86. The van der Waals surface area contributed by atoms with E-state index in [0.717, 1.165) is 24.7 Å². The molecule has 0 saturated carbocycles. The standard InChI is InChI=1S/C16H18F2N2O/c1-3-9-19-11(2)14-8-7-12(10-20-14)21-15-6-4-5-13(17)16(15)18/h4-8,10-11,19H,3,9H2,1-2H3. The number of pyridine rings is 1. The van der Waals surface area contributed by atoms with E-state index in [2.05, 4.69) is 17.2 Å². The fourth-order valence-electron chi connectivity index (χ4n) is 1.86. The van der Waals surface area contributed by atoms with Crippen molar-refractivity contribution in [2.75, 3.05) is 6.54 Å². The van der Waals surface area contributed by atoms with Gasteiger partial charge in [-0.2, -0.15) is 4.39 Å². The topological polar surface area (TPSA) is 34.1 Å². The minimum atomic E-state index is -1.00. The molecular weight excluding hydrogens is 274 g/mol. The molecule has 1 heterocycles. The van der Waals surface area contributed by atoms with Gasteiger partial charge in [0.2, 0.25) is 5.82 Å². The molecule has 1 aromatic carbocycles. The SMILES string of the molecule is CCCNC(C)c1ccc(Oc2cccc(F)c2F)cn1. The maximum absolute atomic E-state index is 13.5. The molecule has 0 saturated heterocycles. The van der Waals surface area contributed by atoms with E-state index in [0.29, 0.717) is 5.75 Å². The van der Waals surface area contributed by atoms with Crippen molar-refractivity contribution >= 4 is 0 Å². The van der Waals surface area contributed by atoms with Gasteiger partial charge in [0.1, 0.15) is 5.75 Å². The first-order valence-electron chi connectivity index (χ1n) is 6.93. The van der Waals surface area contributed by atoms with Gasteiger partial charge in [0.15, 0.2) is 11.6 Å². The van der Waals surface area contributed by atoms with Crippen LogP contribution in [0.5, 0.6) is 11.5 Å². The predicted octanol–water partition coefficient (Wildman–Crippen LogP) is 4.21. The van der Waals surface area contributed by atoms with Gasteiger partial charge in [0.25, 0.3) is 0 Å². The highest BCUT2D eigenvalue weighted by Crippen LogP contribution is 2.25.